The molecule has 0 unspecified atom stereocenters. The smallest absolute Gasteiger partial charge is 0.252 e. The average molecular weight is 949 g/mol. The first-order valence-electron chi connectivity index (χ1n) is 26.1. The molecule has 2 aliphatic rings. The third kappa shape index (κ3) is 6.75. The number of nitrogens with zero attached hydrogens (tertiary/aromatic N) is 2. The van der Waals surface area contributed by atoms with Crippen LogP contribution in [0.2, 0.25) is 0 Å². The van der Waals surface area contributed by atoms with E-state index in [4.69, 9.17) is 0 Å². The fraction of sp³-hybridized carbons (Fsp3) is 0. The summed E-state index contributed by atoms with van der Waals surface area (Å²) in [4.78, 5) is 5.14. The van der Waals surface area contributed by atoms with Crippen molar-refractivity contribution in [2.75, 3.05) is 9.80 Å². The van der Waals surface area contributed by atoms with Crippen molar-refractivity contribution >= 4 is 122 Å². The van der Waals surface area contributed by atoms with Gasteiger partial charge in [0.25, 0.3) is 6.71 Å². The van der Waals surface area contributed by atoms with Gasteiger partial charge in [-0.25, -0.2) is 0 Å². The lowest BCUT2D eigenvalue weighted by atomic mass is 9.33. The van der Waals surface area contributed by atoms with Crippen LogP contribution in [0.5, 0.6) is 0 Å². The summed E-state index contributed by atoms with van der Waals surface area (Å²) in [6.07, 6.45) is 0. The highest BCUT2D eigenvalue weighted by molar-refractivity contribution is 7.00. The van der Waals surface area contributed by atoms with Crippen molar-refractivity contribution in [3.05, 3.63) is 273 Å². The van der Waals surface area contributed by atoms with Crippen molar-refractivity contribution in [2.45, 2.75) is 0 Å². The second-order valence-corrected chi connectivity index (χ2v) is 20.5. The van der Waals surface area contributed by atoms with Gasteiger partial charge < -0.3 is 9.80 Å². The fourth-order valence-electron chi connectivity index (χ4n) is 12.6. The lowest BCUT2D eigenvalue weighted by Crippen LogP contribution is -2.61. The van der Waals surface area contributed by atoms with Crippen LogP contribution < -0.4 is 26.2 Å². The molecular weight excluding hydrogens is 904 g/mol. The highest BCUT2D eigenvalue weighted by Gasteiger charge is 2.44. The first-order valence-corrected chi connectivity index (χ1v) is 26.1. The van der Waals surface area contributed by atoms with E-state index in [-0.39, 0.29) is 6.71 Å². The van der Waals surface area contributed by atoms with Crippen LogP contribution in [0.15, 0.2) is 273 Å². The van der Waals surface area contributed by atoms with Gasteiger partial charge >= 0.3 is 0 Å². The fourth-order valence-corrected chi connectivity index (χ4v) is 12.6. The number of hydrogen-bond donors (Lipinski definition) is 0. The number of fused-ring (bicyclic) bond motifs is 10. The Morgan fingerprint density at radius 3 is 0.933 bits per heavy atom. The van der Waals surface area contributed by atoms with Gasteiger partial charge in [-0.05, 0) is 205 Å². The predicted octanol–water partition coefficient (Wildman–Crippen LogP) is 17.7. The van der Waals surface area contributed by atoms with Crippen LogP contribution in [0, 0.1) is 0 Å². The summed E-state index contributed by atoms with van der Waals surface area (Å²) in [7, 11) is 0. The van der Waals surface area contributed by atoms with Gasteiger partial charge in [0.1, 0.15) is 0 Å². The molecule has 0 aliphatic carbocycles. The van der Waals surface area contributed by atoms with E-state index in [1.165, 1.54) is 137 Å². The van der Waals surface area contributed by atoms with Crippen molar-refractivity contribution in [3.8, 4) is 33.4 Å². The summed E-state index contributed by atoms with van der Waals surface area (Å²) in [6, 6.07) is 102. The summed E-state index contributed by atoms with van der Waals surface area (Å²) in [5.41, 5.74) is 18.0. The van der Waals surface area contributed by atoms with Crippen LogP contribution in [-0.2, 0) is 0 Å². The van der Waals surface area contributed by atoms with Crippen molar-refractivity contribution in [3.63, 3.8) is 0 Å². The largest absolute Gasteiger partial charge is 0.311 e. The second-order valence-electron chi connectivity index (χ2n) is 20.5. The molecule has 0 fully saturated rings. The highest BCUT2D eigenvalue weighted by atomic mass is 15.2. The molecule has 3 heteroatoms. The summed E-state index contributed by atoms with van der Waals surface area (Å²) < 4.78 is 0. The first-order chi connectivity index (χ1) is 37.1. The van der Waals surface area contributed by atoms with Crippen LogP contribution in [0.3, 0.4) is 0 Å². The van der Waals surface area contributed by atoms with Gasteiger partial charge in [-0.1, -0.05) is 182 Å². The van der Waals surface area contributed by atoms with Gasteiger partial charge in [-0.15, -0.1) is 0 Å². The maximum atomic E-state index is 2.57. The van der Waals surface area contributed by atoms with Crippen LogP contribution in [0.1, 0.15) is 0 Å². The second kappa shape index (κ2) is 16.4. The standard InChI is InChI=1S/C72H45BN2/c1-3-13-46(14-4-1)48-25-29-64(30-26-48)74-68-42-61-37-54-21-11-9-19-52(54)35-59(61)40-66(68)73-67-41-60-36-53-20-10-12-22-55(53)38-62(60)43-69(67)75(65-31-27-49(28-32-65)47-15-5-2-6-16-47)71-45-63(44-70(74)72(71)73)57-24-23-56-33-50-17-7-8-18-51(50)34-58(56)39-57/h1-45H. The molecule has 0 amide bonds. The lowest BCUT2D eigenvalue weighted by Gasteiger charge is -2.44. The average Bonchev–Trinajstić information content (AvgIpc) is 3.52. The zero-order chi connectivity index (χ0) is 49.1. The minimum absolute atomic E-state index is 0.0801. The maximum Gasteiger partial charge on any atom is 0.252 e. The van der Waals surface area contributed by atoms with Crippen LogP contribution in [0.25, 0.3) is 98.0 Å². The first kappa shape index (κ1) is 41.9. The molecule has 75 heavy (non-hydrogen) atoms. The quantitative estimate of drug-likeness (QED) is 0.125. The van der Waals surface area contributed by atoms with E-state index in [9.17, 15) is 0 Å². The molecule has 2 heterocycles. The van der Waals surface area contributed by atoms with Crippen LogP contribution in [-0.4, -0.2) is 6.71 Å². The Morgan fingerprint density at radius 1 is 0.200 bits per heavy atom. The molecule has 2 nitrogen and oxygen atoms in total. The van der Waals surface area contributed by atoms with E-state index in [2.05, 4.69) is 283 Å². The summed E-state index contributed by atoms with van der Waals surface area (Å²) in [5.74, 6) is 0. The van der Waals surface area contributed by atoms with Gasteiger partial charge in [0.2, 0.25) is 0 Å². The van der Waals surface area contributed by atoms with Crippen LogP contribution >= 0.6 is 0 Å². The lowest BCUT2D eigenvalue weighted by molar-refractivity contribution is 1.26. The van der Waals surface area contributed by atoms with Gasteiger partial charge in [-0.3, -0.25) is 0 Å². The molecule has 346 valence electrons. The zero-order valence-electron chi connectivity index (χ0n) is 41.0. The predicted molar refractivity (Wildman–Crippen MR) is 322 cm³/mol. The molecule has 0 N–H and O–H groups in total. The zero-order valence-corrected chi connectivity index (χ0v) is 41.0. The minimum Gasteiger partial charge on any atom is -0.311 e. The van der Waals surface area contributed by atoms with E-state index in [0.717, 1.165) is 11.4 Å². The Balaban J connectivity index is 1.02. The molecule has 14 aromatic rings. The van der Waals surface area contributed by atoms with Crippen molar-refractivity contribution in [1.82, 2.24) is 0 Å². The third-order valence-electron chi connectivity index (χ3n) is 16.2. The van der Waals surface area contributed by atoms with Crippen molar-refractivity contribution in [1.29, 1.82) is 0 Å². The molecule has 0 aromatic heterocycles. The molecule has 0 atom stereocenters. The Kier molecular flexibility index (Phi) is 9.16. The summed E-state index contributed by atoms with van der Waals surface area (Å²) in [6.45, 7) is -0.0801. The number of benzene rings is 14. The van der Waals surface area contributed by atoms with E-state index in [0.29, 0.717) is 0 Å². The molecule has 0 bridgehead atoms. The van der Waals surface area contributed by atoms with Gasteiger partial charge in [0.05, 0.1) is 0 Å². The van der Waals surface area contributed by atoms with E-state index >= 15 is 0 Å². The van der Waals surface area contributed by atoms with E-state index in [1.54, 1.807) is 0 Å². The molecule has 0 radical (unpaired) electrons. The Labute approximate surface area is 435 Å². The number of hydrogen-bond acceptors (Lipinski definition) is 2. The molecule has 2 aliphatic heterocycles. The molecular formula is C72H45BN2. The maximum absolute atomic E-state index is 2.57. The van der Waals surface area contributed by atoms with Crippen molar-refractivity contribution in [2.24, 2.45) is 0 Å². The van der Waals surface area contributed by atoms with E-state index in [1.807, 2.05) is 0 Å². The van der Waals surface area contributed by atoms with Crippen LogP contribution in [0.4, 0.5) is 34.1 Å². The Morgan fingerprint density at radius 2 is 0.520 bits per heavy atom. The minimum atomic E-state index is -0.0801. The monoisotopic (exact) mass is 948 g/mol. The van der Waals surface area contributed by atoms with Crippen molar-refractivity contribution < 1.29 is 0 Å². The SMILES string of the molecule is c1ccc(-c2ccc(N3c4cc5cc6ccccc6cc5cc4B4c5cc6cc7ccccc7cc6cc5N(c5ccc(-c6ccccc6)cc5)c5cc(-c6ccc7cc8ccccc8cc7c6)cc3c54)cc2)cc1. The Bertz CT molecular complexity index is 4410. The molecule has 0 spiro atoms. The Hall–Kier alpha value is -9.70. The molecule has 0 saturated carbocycles. The van der Waals surface area contributed by atoms with E-state index < -0.39 is 0 Å². The van der Waals surface area contributed by atoms with Gasteiger partial charge in [0, 0.05) is 34.1 Å². The normalized spacial score (nSPS) is 12.7. The van der Waals surface area contributed by atoms with Gasteiger partial charge in [-0.2, -0.15) is 0 Å². The summed E-state index contributed by atoms with van der Waals surface area (Å²) >= 11 is 0. The van der Waals surface area contributed by atoms with Gasteiger partial charge in [0.15, 0.2) is 0 Å². The topological polar surface area (TPSA) is 6.48 Å². The number of anilines is 6. The molecule has 0 saturated heterocycles. The highest BCUT2D eigenvalue weighted by Crippen LogP contribution is 2.48. The summed E-state index contributed by atoms with van der Waals surface area (Å²) in [5, 5.41) is 14.9. The molecule has 14 aromatic carbocycles. The number of rotatable bonds is 5. The molecule has 16 rings (SSSR count). The third-order valence-corrected chi connectivity index (χ3v) is 16.2.